The molecule has 3 heteroatoms. The molecule has 102 valence electrons. The Morgan fingerprint density at radius 3 is 3.11 bits per heavy atom. The van der Waals surface area contributed by atoms with Crippen LogP contribution in [0.25, 0.3) is 0 Å². The SMILES string of the molecule is CCC1CCCC2(CC(=O)c3ccc(F)cc3O2)C1. The lowest BCUT2D eigenvalue weighted by Gasteiger charge is -2.43. The van der Waals surface area contributed by atoms with Gasteiger partial charge < -0.3 is 4.74 Å². The minimum atomic E-state index is -0.378. The van der Waals surface area contributed by atoms with Gasteiger partial charge in [-0.3, -0.25) is 4.79 Å². The van der Waals surface area contributed by atoms with E-state index >= 15 is 0 Å². The van der Waals surface area contributed by atoms with Gasteiger partial charge in [0.2, 0.25) is 0 Å². The van der Waals surface area contributed by atoms with E-state index in [4.69, 9.17) is 4.74 Å². The van der Waals surface area contributed by atoms with Gasteiger partial charge in [-0.15, -0.1) is 0 Å². The molecule has 1 aromatic rings. The molecule has 2 atom stereocenters. The molecule has 1 aliphatic carbocycles. The van der Waals surface area contributed by atoms with Gasteiger partial charge >= 0.3 is 0 Å². The Labute approximate surface area is 113 Å². The maximum absolute atomic E-state index is 13.3. The third-order valence-electron chi connectivity index (χ3n) is 4.54. The lowest BCUT2D eigenvalue weighted by atomic mass is 9.73. The second-order valence-electron chi connectivity index (χ2n) is 5.90. The Morgan fingerprint density at radius 2 is 2.32 bits per heavy atom. The summed E-state index contributed by atoms with van der Waals surface area (Å²) in [7, 11) is 0. The molecule has 0 saturated heterocycles. The third-order valence-corrected chi connectivity index (χ3v) is 4.54. The van der Waals surface area contributed by atoms with Crippen LogP contribution in [-0.2, 0) is 0 Å². The molecule has 0 radical (unpaired) electrons. The molecule has 1 spiro atoms. The fourth-order valence-electron chi connectivity index (χ4n) is 3.51. The average molecular weight is 262 g/mol. The molecule has 1 aromatic carbocycles. The molecule has 1 saturated carbocycles. The molecule has 1 aliphatic heterocycles. The zero-order valence-corrected chi connectivity index (χ0v) is 11.2. The van der Waals surface area contributed by atoms with Crippen LogP contribution in [0, 0.1) is 11.7 Å². The van der Waals surface area contributed by atoms with E-state index in [1.165, 1.54) is 18.6 Å². The van der Waals surface area contributed by atoms with E-state index in [0.29, 0.717) is 23.7 Å². The Kier molecular flexibility index (Phi) is 3.08. The van der Waals surface area contributed by atoms with E-state index in [9.17, 15) is 9.18 Å². The highest BCUT2D eigenvalue weighted by molar-refractivity contribution is 6.00. The Bertz CT molecular complexity index is 511. The molecular weight excluding hydrogens is 243 g/mol. The monoisotopic (exact) mass is 262 g/mol. The van der Waals surface area contributed by atoms with Crippen molar-refractivity contribution in [1.82, 2.24) is 0 Å². The smallest absolute Gasteiger partial charge is 0.170 e. The number of hydrogen-bond donors (Lipinski definition) is 0. The van der Waals surface area contributed by atoms with E-state index in [2.05, 4.69) is 6.92 Å². The van der Waals surface area contributed by atoms with Crippen LogP contribution < -0.4 is 4.74 Å². The number of hydrogen-bond acceptors (Lipinski definition) is 2. The van der Waals surface area contributed by atoms with E-state index in [-0.39, 0.29) is 17.2 Å². The second-order valence-corrected chi connectivity index (χ2v) is 5.90. The van der Waals surface area contributed by atoms with Crippen LogP contribution in [0.2, 0.25) is 0 Å². The zero-order chi connectivity index (χ0) is 13.5. The van der Waals surface area contributed by atoms with Crippen molar-refractivity contribution in [2.24, 2.45) is 5.92 Å². The first kappa shape index (κ1) is 12.6. The van der Waals surface area contributed by atoms with E-state index in [1.807, 2.05) is 0 Å². The van der Waals surface area contributed by atoms with Crippen LogP contribution >= 0.6 is 0 Å². The average Bonchev–Trinajstić information content (AvgIpc) is 2.38. The topological polar surface area (TPSA) is 26.3 Å². The summed E-state index contributed by atoms with van der Waals surface area (Å²) in [6, 6.07) is 4.22. The first-order chi connectivity index (χ1) is 9.12. The predicted octanol–water partition coefficient (Wildman–Crippen LogP) is 4.13. The minimum absolute atomic E-state index is 0.0954. The summed E-state index contributed by atoms with van der Waals surface area (Å²) in [5.41, 5.74) is 0.155. The number of fused-ring (bicyclic) bond motifs is 1. The van der Waals surface area contributed by atoms with Crippen LogP contribution in [-0.4, -0.2) is 11.4 Å². The Morgan fingerprint density at radius 1 is 1.47 bits per heavy atom. The van der Waals surface area contributed by atoms with Crippen molar-refractivity contribution in [3.8, 4) is 5.75 Å². The van der Waals surface area contributed by atoms with Gasteiger partial charge in [0.05, 0.1) is 12.0 Å². The van der Waals surface area contributed by atoms with Gasteiger partial charge in [-0.05, 0) is 37.3 Å². The molecule has 2 unspecified atom stereocenters. The molecule has 1 fully saturated rings. The molecule has 19 heavy (non-hydrogen) atoms. The van der Waals surface area contributed by atoms with Crippen molar-refractivity contribution in [2.45, 2.75) is 51.0 Å². The van der Waals surface area contributed by atoms with Crippen molar-refractivity contribution in [1.29, 1.82) is 0 Å². The molecule has 2 nitrogen and oxygen atoms in total. The number of ether oxygens (including phenoxy) is 1. The minimum Gasteiger partial charge on any atom is -0.486 e. The fraction of sp³-hybridized carbons (Fsp3) is 0.562. The zero-order valence-electron chi connectivity index (χ0n) is 11.2. The van der Waals surface area contributed by atoms with Crippen molar-refractivity contribution in [2.75, 3.05) is 0 Å². The van der Waals surface area contributed by atoms with Crippen LogP contribution in [0.3, 0.4) is 0 Å². The van der Waals surface area contributed by atoms with E-state index in [1.54, 1.807) is 6.07 Å². The van der Waals surface area contributed by atoms with Crippen molar-refractivity contribution < 1.29 is 13.9 Å². The molecule has 2 aliphatic rings. The summed E-state index contributed by atoms with van der Waals surface area (Å²) in [5.74, 6) is 0.814. The van der Waals surface area contributed by atoms with Gasteiger partial charge in [0.25, 0.3) is 0 Å². The van der Waals surface area contributed by atoms with Gasteiger partial charge in [-0.1, -0.05) is 19.8 Å². The number of carbonyl (C=O) groups excluding carboxylic acids is 1. The largest absolute Gasteiger partial charge is 0.486 e. The summed E-state index contributed by atoms with van der Waals surface area (Å²) in [5, 5.41) is 0. The van der Waals surface area contributed by atoms with Gasteiger partial charge in [0.15, 0.2) is 5.78 Å². The predicted molar refractivity (Wildman–Crippen MR) is 71.0 cm³/mol. The molecule has 0 aromatic heterocycles. The molecule has 3 rings (SSSR count). The number of benzene rings is 1. The number of carbonyl (C=O) groups is 1. The molecular formula is C16H19FO2. The molecule has 0 bridgehead atoms. The highest BCUT2D eigenvalue weighted by Gasteiger charge is 2.43. The maximum Gasteiger partial charge on any atom is 0.170 e. The van der Waals surface area contributed by atoms with E-state index < -0.39 is 0 Å². The molecule has 0 amide bonds. The summed E-state index contributed by atoms with van der Waals surface area (Å²) < 4.78 is 19.4. The Balaban J connectivity index is 1.93. The normalized spacial score (nSPS) is 30.0. The molecule has 1 heterocycles. The molecule has 0 N–H and O–H groups in total. The maximum atomic E-state index is 13.3. The number of halogens is 1. The first-order valence-electron chi connectivity index (χ1n) is 7.14. The Hall–Kier alpha value is -1.38. The lowest BCUT2D eigenvalue weighted by molar-refractivity contribution is -0.00449. The standard InChI is InChI=1S/C16H19FO2/c1-2-11-4-3-7-16(9-11)10-14(18)13-6-5-12(17)8-15(13)19-16/h5-6,8,11H,2-4,7,9-10H2,1H3. The van der Waals surface area contributed by atoms with Gasteiger partial charge in [-0.2, -0.15) is 0 Å². The number of ketones is 1. The highest BCUT2D eigenvalue weighted by Crippen LogP contribution is 2.44. The quantitative estimate of drug-likeness (QED) is 0.760. The number of Topliss-reactive ketones (excluding diaryl/α,β-unsaturated/α-hetero) is 1. The summed E-state index contributed by atoms with van der Waals surface area (Å²) in [6.07, 6.45) is 5.70. The van der Waals surface area contributed by atoms with Crippen LogP contribution in [0.4, 0.5) is 4.39 Å². The van der Waals surface area contributed by atoms with Crippen molar-refractivity contribution in [3.63, 3.8) is 0 Å². The highest BCUT2D eigenvalue weighted by atomic mass is 19.1. The number of rotatable bonds is 1. The second kappa shape index (κ2) is 4.62. The van der Waals surface area contributed by atoms with Crippen LogP contribution in [0.1, 0.15) is 55.8 Å². The van der Waals surface area contributed by atoms with Crippen molar-refractivity contribution in [3.05, 3.63) is 29.6 Å². The van der Waals surface area contributed by atoms with Gasteiger partial charge in [0, 0.05) is 6.07 Å². The summed E-state index contributed by atoms with van der Waals surface area (Å²) in [4.78, 5) is 12.3. The van der Waals surface area contributed by atoms with Gasteiger partial charge in [0.1, 0.15) is 17.2 Å². The summed E-state index contributed by atoms with van der Waals surface area (Å²) in [6.45, 7) is 2.18. The first-order valence-corrected chi connectivity index (χ1v) is 7.14. The van der Waals surface area contributed by atoms with Crippen LogP contribution in [0.15, 0.2) is 18.2 Å². The summed E-state index contributed by atoms with van der Waals surface area (Å²) >= 11 is 0. The van der Waals surface area contributed by atoms with E-state index in [0.717, 1.165) is 25.7 Å². The van der Waals surface area contributed by atoms with Crippen molar-refractivity contribution >= 4 is 5.78 Å². The lowest BCUT2D eigenvalue weighted by Crippen LogP contribution is -2.45. The van der Waals surface area contributed by atoms with Crippen LogP contribution in [0.5, 0.6) is 5.75 Å². The fourth-order valence-corrected chi connectivity index (χ4v) is 3.51. The van der Waals surface area contributed by atoms with Gasteiger partial charge in [-0.25, -0.2) is 4.39 Å². The third kappa shape index (κ3) is 2.26.